The van der Waals surface area contributed by atoms with Gasteiger partial charge in [0.15, 0.2) is 0 Å². The Balaban J connectivity index is 2.54. The first-order chi connectivity index (χ1) is 5.68. The molecule has 62 valence electrons. The maximum absolute atomic E-state index is 11.2. The molecular formula is C9H10NO2+. The molecule has 1 aliphatic rings. The first-order valence-corrected chi connectivity index (χ1v) is 3.79. The summed E-state index contributed by atoms with van der Waals surface area (Å²) in [5.74, 6) is 0.576. The standard InChI is InChI=1S/C9H9NO2/c1-10-8-3-2-7(11)4-6(8)5-9(10)12/h2-4,11H,5H2,1H3/p+1. The number of carbonyl (C=O) groups excluding carboxylic acids is 1. The third kappa shape index (κ3) is 0.863. The molecule has 1 aliphatic heterocycles. The molecule has 0 spiro atoms. The molecule has 0 saturated carbocycles. The van der Waals surface area contributed by atoms with Gasteiger partial charge < -0.3 is 10.0 Å². The van der Waals surface area contributed by atoms with Crippen LogP contribution in [0, 0.1) is 0 Å². The van der Waals surface area contributed by atoms with E-state index in [1.54, 1.807) is 24.1 Å². The molecule has 12 heavy (non-hydrogen) atoms. The van der Waals surface area contributed by atoms with Crippen molar-refractivity contribution in [2.24, 2.45) is 0 Å². The van der Waals surface area contributed by atoms with Crippen LogP contribution < -0.4 is 4.90 Å². The van der Waals surface area contributed by atoms with Crippen molar-refractivity contribution >= 4 is 11.6 Å². The lowest BCUT2D eigenvalue weighted by molar-refractivity contribution is -0.117. The van der Waals surface area contributed by atoms with Crippen LogP contribution in [0.3, 0.4) is 0 Å². The maximum atomic E-state index is 11.2. The minimum Gasteiger partial charge on any atom is -0.593 e. The number of carbonyl (C=O) groups is 1. The van der Waals surface area contributed by atoms with E-state index in [-0.39, 0.29) is 5.91 Å². The Hall–Kier alpha value is -1.51. The average molecular weight is 164 g/mol. The quantitative estimate of drug-likeness (QED) is 0.519. The van der Waals surface area contributed by atoms with E-state index in [1.165, 1.54) is 0 Å². The molecule has 0 radical (unpaired) electrons. The normalized spacial score (nSPS) is 15.1. The molecule has 1 aromatic rings. The second-order valence-electron chi connectivity index (χ2n) is 2.97. The van der Waals surface area contributed by atoms with Gasteiger partial charge in [0.05, 0.1) is 6.42 Å². The fourth-order valence-corrected chi connectivity index (χ4v) is 1.47. The largest absolute Gasteiger partial charge is 0.593 e. The van der Waals surface area contributed by atoms with Crippen LogP contribution in [0.25, 0.3) is 0 Å². The Kier molecular flexibility index (Phi) is 1.33. The Morgan fingerprint density at radius 1 is 1.50 bits per heavy atom. The van der Waals surface area contributed by atoms with Crippen molar-refractivity contribution in [1.29, 1.82) is 0 Å². The molecule has 1 heterocycles. The monoisotopic (exact) mass is 164 g/mol. The van der Waals surface area contributed by atoms with Crippen molar-refractivity contribution in [3.8, 4) is 5.75 Å². The third-order valence-electron chi connectivity index (χ3n) is 2.16. The minimum atomic E-state index is 0.107. The number of amides is 1. The van der Waals surface area contributed by atoms with Gasteiger partial charge in [-0.25, -0.2) is 0 Å². The highest BCUT2D eigenvalue weighted by Gasteiger charge is 2.24. The summed E-state index contributed by atoms with van der Waals surface area (Å²) in [6, 6.07) is 5.27. The minimum absolute atomic E-state index is 0.107. The lowest BCUT2D eigenvalue weighted by Gasteiger charge is -2.08. The van der Waals surface area contributed by atoms with Crippen LogP contribution >= 0.6 is 0 Å². The molecule has 0 unspecified atom stereocenters. The summed E-state index contributed by atoms with van der Waals surface area (Å²) in [5, 5.41) is 7.37. The Bertz CT molecular complexity index is 346. The van der Waals surface area contributed by atoms with Gasteiger partial charge in [0.2, 0.25) is 5.91 Å². The zero-order valence-electron chi connectivity index (χ0n) is 6.79. The Morgan fingerprint density at radius 3 is 3.00 bits per heavy atom. The van der Waals surface area contributed by atoms with Crippen molar-refractivity contribution in [3.05, 3.63) is 23.8 Å². The predicted octanol–water partition coefficient (Wildman–Crippen LogP) is 0.643. The molecule has 3 nitrogen and oxygen atoms in total. The van der Waals surface area contributed by atoms with Gasteiger partial charge >= 0.3 is 0 Å². The van der Waals surface area contributed by atoms with Gasteiger partial charge in [0.1, 0.15) is 0 Å². The summed E-state index contributed by atoms with van der Waals surface area (Å²) in [7, 11) is 1.76. The number of likely N-dealkylation sites (N-methyl/N-ethyl adjacent to an activating group) is 1. The van der Waals surface area contributed by atoms with Crippen molar-refractivity contribution in [1.82, 2.24) is 0 Å². The van der Waals surface area contributed by atoms with E-state index in [1.807, 2.05) is 6.07 Å². The summed E-state index contributed by atoms with van der Waals surface area (Å²) < 4.78 is 0. The van der Waals surface area contributed by atoms with Crippen molar-refractivity contribution < 1.29 is 9.90 Å². The molecule has 1 amide bonds. The summed E-state index contributed by atoms with van der Waals surface area (Å²) in [5.41, 5.74) is 1.91. The fraction of sp³-hybridized carbons (Fsp3) is 0.222. The van der Waals surface area contributed by atoms with E-state index in [2.05, 4.69) is 0 Å². The van der Waals surface area contributed by atoms with Gasteiger partial charge in [-0.2, -0.15) is 0 Å². The summed E-state index contributed by atoms with van der Waals surface area (Å²) in [6.07, 6.45) is 0.443. The molecule has 0 bridgehead atoms. The van der Waals surface area contributed by atoms with E-state index in [4.69, 9.17) is 5.11 Å². The number of hydrogen-bond donors (Lipinski definition) is 0. The Labute approximate surface area is 70.2 Å². The smallest absolute Gasteiger partial charge is 0.254 e. The van der Waals surface area contributed by atoms with Crippen molar-refractivity contribution in [3.63, 3.8) is 0 Å². The highest BCUT2D eigenvalue weighted by molar-refractivity contribution is 6.01. The fourth-order valence-electron chi connectivity index (χ4n) is 1.47. The van der Waals surface area contributed by atoms with E-state index in [9.17, 15) is 4.79 Å². The highest BCUT2D eigenvalue weighted by Crippen LogP contribution is 2.29. The van der Waals surface area contributed by atoms with E-state index in [0.717, 1.165) is 11.3 Å². The van der Waals surface area contributed by atoms with Gasteiger partial charge in [-0.05, 0) is 11.6 Å². The highest BCUT2D eigenvalue weighted by atomic mass is 16.3. The zero-order chi connectivity index (χ0) is 8.72. The summed E-state index contributed by atoms with van der Waals surface area (Å²) in [4.78, 5) is 12.8. The van der Waals surface area contributed by atoms with Crippen LogP contribution in [0.1, 0.15) is 5.56 Å². The molecule has 0 fully saturated rings. The lowest BCUT2D eigenvalue weighted by atomic mass is 10.1. The SMILES string of the molecule is CN1C(=O)Cc2cc([OH2+])ccc21. The number of nitrogens with zero attached hydrogens (tertiary/aromatic N) is 1. The molecule has 0 aliphatic carbocycles. The van der Waals surface area contributed by atoms with Crippen LogP contribution in [0.2, 0.25) is 0 Å². The topological polar surface area (TPSA) is 43.2 Å². The molecular weight excluding hydrogens is 154 g/mol. The van der Waals surface area contributed by atoms with Crippen LogP contribution in [-0.4, -0.2) is 18.1 Å². The van der Waals surface area contributed by atoms with E-state index >= 15 is 0 Å². The molecule has 1 aromatic carbocycles. The number of benzene rings is 1. The molecule has 3 heteroatoms. The predicted molar refractivity (Wildman–Crippen MR) is 46.6 cm³/mol. The van der Waals surface area contributed by atoms with Crippen LogP contribution in [0.5, 0.6) is 5.75 Å². The third-order valence-corrected chi connectivity index (χ3v) is 2.16. The number of rotatable bonds is 0. The summed E-state index contributed by atoms with van der Waals surface area (Å²) >= 11 is 0. The molecule has 2 N–H and O–H groups in total. The van der Waals surface area contributed by atoms with Gasteiger partial charge in [-0.3, -0.25) is 4.79 Å². The van der Waals surface area contributed by atoms with Gasteiger partial charge in [0, 0.05) is 24.9 Å². The second-order valence-corrected chi connectivity index (χ2v) is 2.97. The maximum Gasteiger partial charge on any atom is 0.254 e. The molecule has 2 rings (SSSR count). The number of anilines is 1. The molecule has 0 saturated heterocycles. The van der Waals surface area contributed by atoms with Gasteiger partial charge in [-0.15, -0.1) is 0 Å². The first kappa shape index (κ1) is 7.16. The van der Waals surface area contributed by atoms with Crippen molar-refractivity contribution in [2.45, 2.75) is 6.42 Å². The van der Waals surface area contributed by atoms with Gasteiger partial charge in [-0.1, -0.05) is 0 Å². The molecule has 0 atom stereocenters. The van der Waals surface area contributed by atoms with Gasteiger partial charge in [0.25, 0.3) is 5.75 Å². The van der Waals surface area contributed by atoms with Crippen LogP contribution in [0.15, 0.2) is 18.2 Å². The first-order valence-electron chi connectivity index (χ1n) is 3.79. The lowest BCUT2D eigenvalue weighted by Crippen LogP contribution is -2.20. The number of hydrogen-bond acceptors (Lipinski definition) is 1. The van der Waals surface area contributed by atoms with E-state index in [0.29, 0.717) is 12.2 Å². The molecule has 0 aromatic heterocycles. The van der Waals surface area contributed by atoms with E-state index < -0.39 is 0 Å². The van der Waals surface area contributed by atoms with Crippen molar-refractivity contribution in [2.75, 3.05) is 11.9 Å². The second kappa shape index (κ2) is 2.24. The zero-order valence-corrected chi connectivity index (χ0v) is 6.79. The Morgan fingerprint density at radius 2 is 2.25 bits per heavy atom. The van der Waals surface area contributed by atoms with Crippen LogP contribution in [0.4, 0.5) is 5.69 Å². The average Bonchev–Trinajstić information content (AvgIpc) is 2.28. The number of fused-ring (bicyclic) bond motifs is 1. The van der Waals surface area contributed by atoms with Crippen LogP contribution in [-0.2, 0) is 11.2 Å². The summed E-state index contributed by atoms with van der Waals surface area (Å²) in [6.45, 7) is 0.